The van der Waals surface area contributed by atoms with E-state index in [0.29, 0.717) is 5.41 Å². The number of rotatable bonds is 5. The van der Waals surface area contributed by atoms with Crippen molar-refractivity contribution in [3.63, 3.8) is 0 Å². The molecule has 0 aromatic rings. The van der Waals surface area contributed by atoms with Gasteiger partial charge in [-0.2, -0.15) is 0 Å². The van der Waals surface area contributed by atoms with Crippen LogP contribution in [0.3, 0.4) is 0 Å². The molecule has 0 bridgehead atoms. The van der Waals surface area contributed by atoms with E-state index in [2.05, 4.69) is 31.0 Å². The number of likely N-dealkylation sites (tertiary alicyclic amines) is 1. The Morgan fingerprint density at radius 1 is 1.22 bits per heavy atom. The van der Waals surface area contributed by atoms with Crippen LogP contribution in [0.15, 0.2) is 0 Å². The van der Waals surface area contributed by atoms with Crippen molar-refractivity contribution in [2.45, 2.75) is 65.3 Å². The molecule has 0 aromatic heterocycles. The predicted molar refractivity (Wildman–Crippen MR) is 78.9 cm³/mol. The number of nitrogens with zero attached hydrogens (tertiary/aromatic N) is 1. The summed E-state index contributed by atoms with van der Waals surface area (Å²) in [5, 5.41) is 3.76. The third kappa shape index (κ3) is 3.96. The van der Waals surface area contributed by atoms with Gasteiger partial charge in [0.25, 0.3) is 0 Å². The standard InChI is InChI=1S/C16H32N2/c1-4-10-17-15-8-5-7-14(15)12-18-11-6-9-16(2,3)13-18/h14-15,17H,4-13H2,1-3H3. The second-order valence-corrected chi connectivity index (χ2v) is 7.25. The molecule has 1 heterocycles. The van der Waals surface area contributed by atoms with Crippen LogP contribution >= 0.6 is 0 Å². The summed E-state index contributed by atoms with van der Waals surface area (Å²) in [6, 6.07) is 0.801. The molecule has 1 saturated carbocycles. The number of nitrogens with one attached hydrogen (secondary N) is 1. The molecule has 2 nitrogen and oxygen atoms in total. The second kappa shape index (κ2) is 6.38. The lowest BCUT2D eigenvalue weighted by Crippen LogP contribution is -2.45. The monoisotopic (exact) mass is 252 g/mol. The van der Waals surface area contributed by atoms with Gasteiger partial charge >= 0.3 is 0 Å². The fraction of sp³-hybridized carbons (Fsp3) is 1.00. The van der Waals surface area contributed by atoms with Gasteiger partial charge in [-0.05, 0) is 56.5 Å². The molecule has 2 aliphatic rings. The molecule has 0 radical (unpaired) electrons. The Kier molecular flexibility index (Phi) is 5.08. The lowest BCUT2D eigenvalue weighted by molar-refractivity contribution is 0.0976. The van der Waals surface area contributed by atoms with Crippen LogP contribution in [0.1, 0.15) is 59.3 Å². The van der Waals surface area contributed by atoms with Crippen LogP contribution in [0.4, 0.5) is 0 Å². The van der Waals surface area contributed by atoms with Crippen molar-refractivity contribution in [2.75, 3.05) is 26.2 Å². The fourth-order valence-corrected chi connectivity index (χ4v) is 3.89. The Hall–Kier alpha value is -0.0800. The van der Waals surface area contributed by atoms with Crippen molar-refractivity contribution in [2.24, 2.45) is 11.3 Å². The van der Waals surface area contributed by atoms with Gasteiger partial charge in [-0.25, -0.2) is 0 Å². The van der Waals surface area contributed by atoms with E-state index in [4.69, 9.17) is 0 Å². The number of hydrogen-bond acceptors (Lipinski definition) is 2. The Morgan fingerprint density at radius 2 is 2.06 bits per heavy atom. The molecule has 18 heavy (non-hydrogen) atoms. The zero-order valence-electron chi connectivity index (χ0n) is 12.7. The smallest absolute Gasteiger partial charge is 0.0107 e. The summed E-state index contributed by atoms with van der Waals surface area (Å²) < 4.78 is 0. The molecular formula is C16H32N2. The maximum Gasteiger partial charge on any atom is 0.0107 e. The lowest BCUT2D eigenvalue weighted by atomic mass is 9.83. The summed E-state index contributed by atoms with van der Waals surface area (Å²) >= 11 is 0. The minimum atomic E-state index is 0.545. The molecular weight excluding hydrogens is 220 g/mol. The summed E-state index contributed by atoms with van der Waals surface area (Å²) in [6.07, 6.45) is 8.35. The van der Waals surface area contributed by atoms with E-state index >= 15 is 0 Å². The van der Waals surface area contributed by atoms with Crippen molar-refractivity contribution < 1.29 is 0 Å². The summed E-state index contributed by atoms with van der Waals surface area (Å²) in [7, 11) is 0. The molecule has 2 unspecified atom stereocenters. The van der Waals surface area contributed by atoms with E-state index in [-0.39, 0.29) is 0 Å². The highest BCUT2D eigenvalue weighted by atomic mass is 15.1. The van der Waals surface area contributed by atoms with Gasteiger partial charge in [0.15, 0.2) is 0 Å². The molecule has 1 saturated heterocycles. The minimum Gasteiger partial charge on any atom is -0.314 e. The Labute approximate surface area is 114 Å². The second-order valence-electron chi connectivity index (χ2n) is 7.25. The molecule has 1 aliphatic heterocycles. The normalized spacial score (nSPS) is 32.8. The largest absolute Gasteiger partial charge is 0.314 e. The van der Waals surface area contributed by atoms with Gasteiger partial charge in [0.2, 0.25) is 0 Å². The maximum atomic E-state index is 3.76. The van der Waals surface area contributed by atoms with Crippen molar-refractivity contribution in [3.05, 3.63) is 0 Å². The summed E-state index contributed by atoms with van der Waals surface area (Å²) in [5.41, 5.74) is 0.545. The molecule has 0 spiro atoms. The topological polar surface area (TPSA) is 15.3 Å². The average molecular weight is 252 g/mol. The van der Waals surface area contributed by atoms with Crippen LogP contribution in [-0.2, 0) is 0 Å². The van der Waals surface area contributed by atoms with Gasteiger partial charge in [-0.3, -0.25) is 0 Å². The van der Waals surface area contributed by atoms with Gasteiger partial charge in [0.05, 0.1) is 0 Å². The van der Waals surface area contributed by atoms with E-state index in [1.165, 1.54) is 64.7 Å². The molecule has 0 aromatic carbocycles. The zero-order valence-corrected chi connectivity index (χ0v) is 12.7. The minimum absolute atomic E-state index is 0.545. The SMILES string of the molecule is CCCNC1CCCC1CN1CCCC(C)(C)C1. The van der Waals surface area contributed by atoms with Gasteiger partial charge in [-0.15, -0.1) is 0 Å². The molecule has 106 valence electrons. The van der Waals surface area contributed by atoms with Crippen LogP contribution in [0, 0.1) is 11.3 Å². The van der Waals surface area contributed by atoms with E-state index in [1.54, 1.807) is 0 Å². The third-order valence-electron chi connectivity index (χ3n) is 4.79. The van der Waals surface area contributed by atoms with E-state index in [9.17, 15) is 0 Å². The average Bonchev–Trinajstić information content (AvgIpc) is 2.72. The first-order chi connectivity index (χ1) is 8.61. The van der Waals surface area contributed by atoms with Crippen LogP contribution in [0.5, 0.6) is 0 Å². The maximum absolute atomic E-state index is 3.76. The highest BCUT2D eigenvalue weighted by molar-refractivity contribution is 4.88. The van der Waals surface area contributed by atoms with Gasteiger partial charge in [-0.1, -0.05) is 27.2 Å². The molecule has 2 atom stereocenters. The van der Waals surface area contributed by atoms with Gasteiger partial charge < -0.3 is 10.2 Å². The zero-order chi connectivity index (χ0) is 13.0. The van der Waals surface area contributed by atoms with Gasteiger partial charge in [0.1, 0.15) is 0 Å². The van der Waals surface area contributed by atoms with Crippen LogP contribution in [0.2, 0.25) is 0 Å². The molecule has 0 amide bonds. The number of hydrogen-bond donors (Lipinski definition) is 1. The van der Waals surface area contributed by atoms with Crippen LogP contribution in [-0.4, -0.2) is 37.1 Å². The van der Waals surface area contributed by atoms with Crippen molar-refractivity contribution in [1.29, 1.82) is 0 Å². The third-order valence-corrected chi connectivity index (χ3v) is 4.79. The summed E-state index contributed by atoms with van der Waals surface area (Å²) in [4.78, 5) is 2.74. The first-order valence-electron chi connectivity index (χ1n) is 8.06. The van der Waals surface area contributed by atoms with E-state index < -0.39 is 0 Å². The first-order valence-corrected chi connectivity index (χ1v) is 8.06. The lowest BCUT2D eigenvalue weighted by Gasteiger charge is -2.40. The highest BCUT2D eigenvalue weighted by Crippen LogP contribution is 2.32. The molecule has 2 rings (SSSR count). The predicted octanol–water partition coefficient (Wildman–Crippen LogP) is 3.28. The van der Waals surface area contributed by atoms with Crippen molar-refractivity contribution in [3.8, 4) is 0 Å². The van der Waals surface area contributed by atoms with Crippen LogP contribution < -0.4 is 5.32 Å². The van der Waals surface area contributed by atoms with Crippen LogP contribution in [0.25, 0.3) is 0 Å². The van der Waals surface area contributed by atoms with E-state index in [1.807, 2.05) is 0 Å². The fourth-order valence-electron chi connectivity index (χ4n) is 3.89. The molecule has 2 fully saturated rings. The van der Waals surface area contributed by atoms with Crippen molar-refractivity contribution in [1.82, 2.24) is 10.2 Å². The summed E-state index contributed by atoms with van der Waals surface area (Å²) in [6.45, 7) is 12.3. The molecule has 2 heteroatoms. The van der Waals surface area contributed by atoms with Gasteiger partial charge in [0, 0.05) is 19.1 Å². The number of piperidine rings is 1. The molecule has 1 N–H and O–H groups in total. The highest BCUT2D eigenvalue weighted by Gasteiger charge is 2.32. The molecule has 1 aliphatic carbocycles. The van der Waals surface area contributed by atoms with Crippen molar-refractivity contribution >= 4 is 0 Å². The quantitative estimate of drug-likeness (QED) is 0.808. The Morgan fingerprint density at radius 3 is 2.78 bits per heavy atom. The summed E-state index contributed by atoms with van der Waals surface area (Å²) in [5.74, 6) is 0.908. The van der Waals surface area contributed by atoms with E-state index in [0.717, 1.165) is 12.0 Å². The Bertz CT molecular complexity index is 249. The first kappa shape index (κ1) is 14.3. The Balaban J connectivity index is 1.80.